The van der Waals surface area contributed by atoms with E-state index in [1.165, 1.54) is 0 Å². The number of amidine groups is 1. The summed E-state index contributed by atoms with van der Waals surface area (Å²) < 4.78 is 0. The molecule has 0 rings (SSSR count). The number of rotatable bonds is 0. The summed E-state index contributed by atoms with van der Waals surface area (Å²) in [6, 6.07) is 0. The minimum atomic E-state index is -0.250. The van der Waals surface area contributed by atoms with Crippen molar-refractivity contribution < 1.29 is 22.4 Å². The molecule has 0 bridgehead atoms. The first-order valence-corrected chi connectivity index (χ1v) is 1.15. The molecule has 0 unspecified atom stereocenters. The van der Waals surface area contributed by atoms with E-state index in [1.54, 1.807) is 0 Å². The Kier molecular flexibility index (Phi) is 8.03. The fourth-order valence-corrected chi connectivity index (χ4v) is 0. The summed E-state index contributed by atoms with van der Waals surface area (Å²) in [5.41, 5.74) is 4.51. The summed E-state index contributed by atoms with van der Waals surface area (Å²) in [6.45, 7) is 0. The number of hydrogen-bond donors (Lipinski definition) is 2. The van der Waals surface area contributed by atoms with Gasteiger partial charge in [0.05, 0.1) is 0 Å². The molecule has 0 aliphatic heterocycles. The summed E-state index contributed by atoms with van der Waals surface area (Å²) >= 11 is 3.98. The van der Waals surface area contributed by atoms with E-state index in [9.17, 15) is 0 Å². The van der Waals surface area contributed by atoms with Crippen molar-refractivity contribution in [3.05, 3.63) is 0 Å². The molecule has 0 spiro atoms. The molecule has 2 nitrogen and oxygen atoms in total. The zero-order valence-electron chi connectivity index (χ0n) is 2.29. The van der Waals surface area contributed by atoms with Crippen molar-refractivity contribution in [2.45, 2.75) is 0 Å². The van der Waals surface area contributed by atoms with Gasteiger partial charge < -0.3 is 23.8 Å². The van der Waals surface area contributed by atoms with Crippen LogP contribution in [-0.4, -0.2) is 5.17 Å². The van der Waals surface area contributed by atoms with Gasteiger partial charge in [-0.25, -0.2) is 0 Å². The summed E-state index contributed by atoms with van der Waals surface area (Å²) in [5, 5.41) is 5.84. The maximum Gasteiger partial charge on any atom is 1.00 e. The Labute approximate surface area is 51.6 Å². The van der Waals surface area contributed by atoms with Crippen molar-refractivity contribution in [3.63, 3.8) is 0 Å². The molecule has 0 fully saturated rings. The van der Waals surface area contributed by atoms with Gasteiger partial charge in [-0.2, -0.15) is 0 Å². The maximum absolute atomic E-state index is 6.09. The Balaban J connectivity index is 0. The molecule has 0 aliphatic carbocycles. The first-order chi connectivity index (χ1) is 1.73. The molecule has 0 aromatic rings. The standard InChI is InChI=1S/CH4N2S.Ag/c2-1(3)4;/h(H4,2,3,4);/q;+1/p-1. The van der Waals surface area contributed by atoms with Crippen LogP contribution in [0.5, 0.6) is 0 Å². The largest absolute Gasteiger partial charge is 1.00 e. The average Bonchev–Trinajstić information content (AvgIpc) is 0.811. The first kappa shape index (κ1) is 9.06. The van der Waals surface area contributed by atoms with Crippen LogP contribution in [0.15, 0.2) is 0 Å². The Morgan fingerprint density at radius 1 is 1.80 bits per heavy atom. The minimum Gasteiger partial charge on any atom is -0.744 e. The van der Waals surface area contributed by atoms with E-state index >= 15 is 0 Å². The first-order valence-electron chi connectivity index (χ1n) is 0.743. The van der Waals surface area contributed by atoms with E-state index < -0.39 is 0 Å². The van der Waals surface area contributed by atoms with Crippen LogP contribution in [0.4, 0.5) is 0 Å². The van der Waals surface area contributed by atoms with Crippen LogP contribution in [0.3, 0.4) is 0 Å². The Morgan fingerprint density at radius 2 is 1.80 bits per heavy atom. The minimum absolute atomic E-state index is 0. The van der Waals surface area contributed by atoms with Gasteiger partial charge in [0.15, 0.2) is 0 Å². The zero-order chi connectivity index (χ0) is 3.58. The van der Waals surface area contributed by atoms with Gasteiger partial charge in [-0.1, -0.05) is 0 Å². The summed E-state index contributed by atoms with van der Waals surface area (Å²) in [4.78, 5) is 0. The van der Waals surface area contributed by atoms with Crippen LogP contribution in [0.25, 0.3) is 0 Å². The Morgan fingerprint density at radius 3 is 1.80 bits per heavy atom. The number of nitrogens with one attached hydrogen (secondary N) is 1. The molecule has 0 saturated carbocycles. The molecule has 0 heterocycles. The number of nitrogens with two attached hydrogens (primary N) is 1. The van der Waals surface area contributed by atoms with Crippen molar-refractivity contribution in [3.8, 4) is 0 Å². The fourth-order valence-electron chi connectivity index (χ4n) is 0. The van der Waals surface area contributed by atoms with E-state index in [4.69, 9.17) is 5.41 Å². The molecule has 5 heavy (non-hydrogen) atoms. The second-order valence-corrected chi connectivity index (χ2v) is 0.804. The monoisotopic (exact) mass is 182 g/mol. The molecule has 34 valence electrons. The molecule has 0 radical (unpaired) electrons. The SMILES string of the molecule is N=C(N)[S-].[Ag+]. The van der Waals surface area contributed by atoms with Crippen LogP contribution in [0.2, 0.25) is 0 Å². The summed E-state index contributed by atoms with van der Waals surface area (Å²) in [5.74, 6) is 0. The van der Waals surface area contributed by atoms with Crippen molar-refractivity contribution in [1.82, 2.24) is 0 Å². The second-order valence-electron chi connectivity index (χ2n) is 0.364. The molecule has 0 amide bonds. The van der Waals surface area contributed by atoms with Gasteiger partial charge in [0.2, 0.25) is 0 Å². The van der Waals surface area contributed by atoms with Crippen LogP contribution in [0.1, 0.15) is 0 Å². The molecular weight excluding hydrogens is 180 g/mol. The molecular formula is CH3AgN2S. The van der Waals surface area contributed by atoms with Gasteiger partial charge in [-0.3, -0.25) is 0 Å². The average molecular weight is 183 g/mol. The quantitative estimate of drug-likeness (QED) is 0.228. The molecule has 0 aromatic carbocycles. The third-order valence-corrected chi connectivity index (χ3v) is 0. The third-order valence-electron chi connectivity index (χ3n) is 0. The second kappa shape index (κ2) is 4.43. The van der Waals surface area contributed by atoms with E-state index in [2.05, 4.69) is 18.4 Å². The van der Waals surface area contributed by atoms with Gasteiger partial charge in [0.25, 0.3) is 0 Å². The van der Waals surface area contributed by atoms with E-state index in [1.807, 2.05) is 0 Å². The van der Waals surface area contributed by atoms with Crippen molar-refractivity contribution in [1.29, 1.82) is 5.41 Å². The summed E-state index contributed by atoms with van der Waals surface area (Å²) in [6.07, 6.45) is 0. The van der Waals surface area contributed by atoms with Crippen LogP contribution in [-0.2, 0) is 35.0 Å². The van der Waals surface area contributed by atoms with Crippen LogP contribution >= 0.6 is 0 Å². The Bertz CT molecular complexity index is 32.6. The molecule has 0 atom stereocenters. The van der Waals surface area contributed by atoms with E-state index in [0.717, 1.165) is 0 Å². The van der Waals surface area contributed by atoms with Gasteiger partial charge in [-0.05, 0) is 5.17 Å². The molecule has 0 aromatic heterocycles. The van der Waals surface area contributed by atoms with Gasteiger partial charge >= 0.3 is 22.4 Å². The molecule has 3 N–H and O–H groups in total. The topological polar surface area (TPSA) is 49.9 Å². The van der Waals surface area contributed by atoms with Gasteiger partial charge in [0, 0.05) is 0 Å². The van der Waals surface area contributed by atoms with Crippen molar-refractivity contribution >= 4 is 17.8 Å². The van der Waals surface area contributed by atoms with Crippen molar-refractivity contribution in [2.75, 3.05) is 0 Å². The smallest absolute Gasteiger partial charge is 0.744 e. The van der Waals surface area contributed by atoms with Gasteiger partial charge in [-0.15, -0.1) is 0 Å². The zero-order valence-corrected chi connectivity index (χ0v) is 4.59. The molecule has 4 heteroatoms. The Hall–Kier alpha value is 0.430. The normalized spacial score (nSPS) is 4.80. The third kappa shape index (κ3) is 141. The fraction of sp³-hybridized carbons (Fsp3) is 0. The van der Waals surface area contributed by atoms with Crippen LogP contribution < -0.4 is 5.73 Å². The van der Waals surface area contributed by atoms with E-state index in [-0.39, 0.29) is 27.5 Å². The number of hydrogen-bond acceptors (Lipinski definition) is 2. The van der Waals surface area contributed by atoms with Crippen molar-refractivity contribution in [2.24, 2.45) is 5.73 Å². The summed E-state index contributed by atoms with van der Waals surface area (Å²) in [7, 11) is 0. The predicted molar refractivity (Wildman–Crippen MR) is 19.3 cm³/mol. The van der Waals surface area contributed by atoms with Crippen LogP contribution in [0, 0.1) is 5.41 Å². The molecule has 0 saturated heterocycles. The molecule has 0 aliphatic rings. The van der Waals surface area contributed by atoms with E-state index in [0.29, 0.717) is 0 Å². The predicted octanol–water partition coefficient (Wildman–Crippen LogP) is -0.576. The van der Waals surface area contributed by atoms with Gasteiger partial charge in [0.1, 0.15) is 0 Å². The maximum atomic E-state index is 6.09.